The normalized spacial score (nSPS) is 24.0. The third-order valence-electron chi connectivity index (χ3n) is 5.29. The van der Waals surface area contributed by atoms with E-state index in [9.17, 15) is 4.79 Å². The van der Waals surface area contributed by atoms with Crippen LogP contribution in [0.2, 0.25) is 10.0 Å². The van der Waals surface area contributed by atoms with Gasteiger partial charge in [0, 0.05) is 28.4 Å². The van der Waals surface area contributed by atoms with Crippen LogP contribution in [0.15, 0.2) is 48.5 Å². The molecule has 2 atom stereocenters. The van der Waals surface area contributed by atoms with Crippen molar-refractivity contribution in [3.05, 3.63) is 69.7 Å². The van der Waals surface area contributed by atoms with Crippen molar-refractivity contribution in [2.24, 2.45) is 0 Å². The van der Waals surface area contributed by atoms with Crippen LogP contribution in [0.1, 0.15) is 50.7 Å². The summed E-state index contributed by atoms with van der Waals surface area (Å²) < 4.78 is 0. The summed E-state index contributed by atoms with van der Waals surface area (Å²) in [7, 11) is 0. The predicted octanol–water partition coefficient (Wildman–Crippen LogP) is 6.02. The van der Waals surface area contributed by atoms with Crippen molar-refractivity contribution in [1.82, 2.24) is 4.90 Å². The summed E-state index contributed by atoms with van der Waals surface area (Å²) >= 11 is 12.4. The van der Waals surface area contributed by atoms with Gasteiger partial charge in [0.25, 0.3) is 0 Å². The highest BCUT2D eigenvalue weighted by molar-refractivity contribution is 6.30. The smallest absolute Gasteiger partial charge is 0.223 e. The summed E-state index contributed by atoms with van der Waals surface area (Å²) in [5, 5.41) is 1.42. The molecule has 0 saturated carbocycles. The Kier molecular flexibility index (Phi) is 5.13. The van der Waals surface area contributed by atoms with Crippen molar-refractivity contribution in [3.63, 3.8) is 0 Å². The topological polar surface area (TPSA) is 20.3 Å². The van der Waals surface area contributed by atoms with Crippen LogP contribution in [-0.2, 0) is 10.3 Å². The standard InChI is InChI=1S/C21H23Cl2NO/c1-14(2)24-20(25)12-11-19(15-5-4-6-18(23)13-15)21(24,3)16-7-9-17(22)10-8-16/h4-10,13-14,19H,11-12H2,1-3H3/t19-,21-/m1/s1. The van der Waals surface area contributed by atoms with Crippen molar-refractivity contribution < 1.29 is 4.79 Å². The Morgan fingerprint density at radius 3 is 2.36 bits per heavy atom. The second-order valence-corrected chi connectivity index (χ2v) is 8.03. The minimum absolute atomic E-state index is 0.107. The summed E-state index contributed by atoms with van der Waals surface area (Å²) in [6.07, 6.45) is 1.36. The lowest BCUT2D eigenvalue weighted by Gasteiger charge is -2.52. The highest BCUT2D eigenvalue weighted by atomic mass is 35.5. The SMILES string of the molecule is CC(C)N1C(=O)CC[C@H](c2cccc(Cl)c2)[C@@]1(C)c1ccc(Cl)cc1. The molecule has 1 amide bonds. The molecule has 0 unspecified atom stereocenters. The van der Waals surface area contributed by atoms with Gasteiger partial charge in [0.15, 0.2) is 0 Å². The van der Waals surface area contributed by atoms with Gasteiger partial charge in [0.1, 0.15) is 0 Å². The fraction of sp³-hybridized carbons (Fsp3) is 0.381. The predicted molar refractivity (Wildman–Crippen MR) is 104 cm³/mol. The molecule has 2 aromatic carbocycles. The zero-order valence-corrected chi connectivity index (χ0v) is 16.3. The number of hydrogen-bond acceptors (Lipinski definition) is 1. The van der Waals surface area contributed by atoms with Gasteiger partial charge >= 0.3 is 0 Å². The maximum atomic E-state index is 12.8. The second kappa shape index (κ2) is 7.01. The van der Waals surface area contributed by atoms with E-state index in [4.69, 9.17) is 23.2 Å². The molecule has 2 nitrogen and oxygen atoms in total. The molecular weight excluding hydrogens is 353 g/mol. The van der Waals surface area contributed by atoms with E-state index in [1.807, 2.05) is 47.4 Å². The molecule has 132 valence electrons. The van der Waals surface area contributed by atoms with Crippen LogP contribution in [0, 0.1) is 0 Å². The van der Waals surface area contributed by atoms with Crippen LogP contribution >= 0.6 is 23.2 Å². The van der Waals surface area contributed by atoms with Gasteiger partial charge in [0.2, 0.25) is 5.91 Å². The van der Waals surface area contributed by atoms with E-state index in [0.717, 1.165) is 17.0 Å². The molecule has 25 heavy (non-hydrogen) atoms. The number of carbonyl (C=O) groups is 1. The summed E-state index contributed by atoms with van der Waals surface area (Å²) in [5.41, 5.74) is 1.82. The molecule has 0 aliphatic carbocycles. The van der Waals surface area contributed by atoms with Gasteiger partial charge in [-0.15, -0.1) is 0 Å². The lowest BCUT2D eigenvalue weighted by molar-refractivity contribution is -0.146. The lowest BCUT2D eigenvalue weighted by atomic mass is 9.69. The molecule has 1 saturated heterocycles. The summed E-state index contributed by atoms with van der Waals surface area (Å²) in [4.78, 5) is 14.8. The molecular formula is C21H23Cl2NO. The highest BCUT2D eigenvalue weighted by Crippen LogP contribution is 2.49. The maximum absolute atomic E-state index is 12.8. The number of amides is 1. The highest BCUT2D eigenvalue weighted by Gasteiger charge is 2.48. The lowest BCUT2D eigenvalue weighted by Crippen LogP contribution is -2.57. The number of benzene rings is 2. The van der Waals surface area contributed by atoms with Crippen LogP contribution in [-0.4, -0.2) is 16.8 Å². The molecule has 2 aromatic rings. The van der Waals surface area contributed by atoms with Crippen LogP contribution in [0.25, 0.3) is 0 Å². The van der Waals surface area contributed by atoms with Crippen molar-refractivity contribution in [3.8, 4) is 0 Å². The van der Waals surface area contributed by atoms with Crippen molar-refractivity contribution >= 4 is 29.1 Å². The molecule has 0 spiro atoms. The first-order valence-electron chi connectivity index (χ1n) is 8.67. The number of nitrogens with zero attached hydrogens (tertiary/aromatic N) is 1. The largest absolute Gasteiger partial charge is 0.330 e. The van der Waals surface area contributed by atoms with E-state index in [1.54, 1.807) is 0 Å². The van der Waals surface area contributed by atoms with Gasteiger partial charge in [-0.3, -0.25) is 4.79 Å². The molecule has 0 radical (unpaired) electrons. The minimum Gasteiger partial charge on any atom is -0.330 e. The molecule has 3 rings (SSSR count). The summed E-state index contributed by atoms with van der Waals surface area (Å²) in [6.45, 7) is 6.32. The summed E-state index contributed by atoms with van der Waals surface area (Å²) in [5.74, 6) is 0.373. The first-order valence-corrected chi connectivity index (χ1v) is 9.43. The Hall–Kier alpha value is -1.51. The molecule has 0 N–H and O–H groups in total. The fourth-order valence-corrected chi connectivity index (χ4v) is 4.59. The Balaban J connectivity index is 2.18. The first-order chi connectivity index (χ1) is 11.8. The van der Waals surface area contributed by atoms with Crippen LogP contribution in [0.5, 0.6) is 0 Å². The van der Waals surface area contributed by atoms with Crippen molar-refractivity contribution in [2.45, 2.75) is 51.1 Å². The summed E-state index contributed by atoms with van der Waals surface area (Å²) in [6, 6.07) is 16.0. The van der Waals surface area contributed by atoms with E-state index in [1.165, 1.54) is 5.56 Å². The molecule has 0 aromatic heterocycles. The Labute approximate surface area is 159 Å². The van der Waals surface area contributed by atoms with Crippen LogP contribution in [0.4, 0.5) is 0 Å². The number of carbonyl (C=O) groups excluding carboxylic acids is 1. The minimum atomic E-state index is -0.446. The maximum Gasteiger partial charge on any atom is 0.223 e. The zero-order valence-electron chi connectivity index (χ0n) is 14.8. The van der Waals surface area contributed by atoms with Gasteiger partial charge in [-0.25, -0.2) is 0 Å². The Morgan fingerprint density at radius 1 is 1.08 bits per heavy atom. The number of piperidine rings is 1. The van der Waals surface area contributed by atoms with Gasteiger partial charge in [0.05, 0.1) is 5.54 Å². The van der Waals surface area contributed by atoms with E-state index in [2.05, 4.69) is 26.8 Å². The van der Waals surface area contributed by atoms with E-state index >= 15 is 0 Å². The van der Waals surface area contributed by atoms with Gasteiger partial charge in [-0.2, -0.15) is 0 Å². The Bertz CT molecular complexity index is 772. The average molecular weight is 376 g/mol. The van der Waals surface area contributed by atoms with Crippen molar-refractivity contribution in [2.75, 3.05) is 0 Å². The molecule has 1 fully saturated rings. The third-order valence-corrected chi connectivity index (χ3v) is 5.78. The first kappa shape index (κ1) is 18.3. The number of rotatable bonds is 3. The third kappa shape index (κ3) is 3.30. The zero-order chi connectivity index (χ0) is 18.2. The van der Waals surface area contributed by atoms with Gasteiger partial charge in [-0.1, -0.05) is 47.5 Å². The molecule has 4 heteroatoms. The van der Waals surface area contributed by atoms with Crippen molar-refractivity contribution in [1.29, 1.82) is 0 Å². The Morgan fingerprint density at radius 2 is 1.76 bits per heavy atom. The van der Waals surface area contributed by atoms with Gasteiger partial charge in [-0.05, 0) is 62.6 Å². The monoisotopic (exact) mass is 375 g/mol. The second-order valence-electron chi connectivity index (χ2n) is 7.16. The molecule has 1 aliphatic heterocycles. The van der Waals surface area contributed by atoms with E-state index in [-0.39, 0.29) is 17.9 Å². The van der Waals surface area contributed by atoms with E-state index < -0.39 is 5.54 Å². The van der Waals surface area contributed by atoms with Crippen LogP contribution in [0.3, 0.4) is 0 Å². The van der Waals surface area contributed by atoms with Gasteiger partial charge < -0.3 is 4.90 Å². The quantitative estimate of drug-likeness (QED) is 0.641. The molecule has 0 bridgehead atoms. The number of halogens is 2. The number of likely N-dealkylation sites (tertiary alicyclic amines) is 1. The molecule has 1 heterocycles. The van der Waals surface area contributed by atoms with E-state index in [0.29, 0.717) is 11.4 Å². The van der Waals surface area contributed by atoms with Crippen LogP contribution < -0.4 is 0 Å². The average Bonchev–Trinajstić information content (AvgIpc) is 2.55. The molecule has 1 aliphatic rings. The number of hydrogen-bond donors (Lipinski definition) is 0. The fourth-order valence-electron chi connectivity index (χ4n) is 4.26.